The van der Waals surface area contributed by atoms with Crippen molar-refractivity contribution in [2.75, 3.05) is 20.2 Å². The zero-order valence-corrected chi connectivity index (χ0v) is 11.5. The summed E-state index contributed by atoms with van der Waals surface area (Å²) in [7, 11) is 1.97. The Morgan fingerprint density at radius 1 is 1.50 bits per heavy atom. The summed E-state index contributed by atoms with van der Waals surface area (Å²) in [6.45, 7) is 0.918. The molecule has 2 atom stereocenters. The van der Waals surface area contributed by atoms with Gasteiger partial charge in [-0.2, -0.15) is 0 Å². The van der Waals surface area contributed by atoms with E-state index in [1.807, 2.05) is 37.5 Å². The van der Waals surface area contributed by atoms with Crippen molar-refractivity contribution in [3.63, 3.8) is 0 Å². The number of aromatic nitrogens is 1. The normalized spacial score (nSPS) is 23.3. The number of benzene rings is 1. The Hall–Kier alpha value is -1.85. The van der Waals surface area contributed by atoms with E-state index in [-0.39, 0.29) is 24.6 Å². The fourth-order valence-corrected chi connectivity index (χ4v) is 2.86. The zero-order chi connectivity index (χ0) is 14.1. The van der Waals surface area contributed by atoms with Gasteiger partial charge in [-0.1, -0.05) is 0 Å². The summed E-state index contributed by atoms with van der Waals surface area (Å²) < 4.78 is 0. The van der Waals surface area contributed by atoms with E-state index in [2.05, 4.69) is 15.2 Å². The van der Waals surface area contributed by atoms with Crippen molar-refractivity contribution in [2.24, 2.45) is 0 Å². The van der Waals surface area contributed by atoms with Crippen LogP contribution in [0.1, 0.15) is 16.8 Å². The van der Waals surface area contributed by atoms with Gasteiger partial charge in [0.15, 0.2) is 0 Å². The summed E-state index contributed by atoms with van der Waals surface area (Å²) in [6, 6.07) is 7.84. The largest absolute Gasteiger partial charge is 0.395 e. The first-order valence-corrected chi connectivity index (χ1v) is 6.86. The van der Waals surface area contributed by atoms with E-state index >= 15 is 0 Å². The highest BCUT2D eigenvalue weighted by Crippen LogP contribution is 2.17. The summed E-state index contributed by atoms with van der Waals surface area (Å²) in [6.07, 6.45) is 2.66. The highest BCUT2D eigenvalue weighted by molar-refractivity contribution is 5.98. The summed E-state index contributed by atoms with van der Waals surface area (Å²) in [5, 5.41) is 13.3. The molecule has 106 valence electrons. The number of fused-ring (bicyclic) bond motifs is 1. The molecule has 1 fully saturated rings. The van der Waals surface area contributed by atoms with E-state index in [0.717, 1.165) is 23.9 Å². The van der Waals surface area contributed by atoms with Crippen molar-refractivity contribution in [1.82, 2.24) is 15.2 Å². The van der Waals surface area contributed by atoms with Crippen LogP contribution in [0.3, 0.4) is 0 Å². The number of likely N-dealkylation sites (tertiary alicyclic amines) is 1. The smallest absolute Gasteiger partial charge is 0.251 e. The molecule has 0 saturated carbocycles. The molecule has 0 radical (unpaired) electrons. The molecule has 3 rings (SSSR count). The zero-order valence-electron chi connectivity index (χ0n) is 11.5. The van der Waals surface area contributed by atoms with Gasteiger partial charge in [0.05, 0.1) is 6.61 Å². The summed E-state index contributed by atoms with van der Waals surface area (Å²) in [4.78, 5) is 17.5. The Morgan fingerprint density at radius 3 is 3.10 bits per heavy atom. The molecule has 3 N–H and O–H groups in total. The number of hydrogen-bond acceptors (Lipinski definition) is 3. The number of nitrogens with zero attached hydrogens (tertiary/aromatic N) is 1. The Kier molecular flexibility index (Phi) is 3.46. The van der Waals surface area contributed by atoms with Crippen molar-refractivity contribution >= 4 is 16.8 Å². The number of carbonyl (C=O) groups excluding carboxylic acids is 1. The molecule has 1 aliphatic rings. The number of aliphatic hydroxyl groups is 1. The second-order valence-electron chi connectivity index (χ2n) is 5.46. The van der Waals surface area contributed by atoms with Crippen LogP contribution >= 0.6 is 0 Å². The third kappa shape index (κ3) is 2.42. The third-order valence-electron chi connectivity index (χ3n) is 4.05. The maximum Gasteiger partial charge on any atom is 0.251 e. The van der Waals surface area contributed by atoms with Gasteiger partial charge in [-0.25, -0.2) is 0 Å². The Labute approximate surface area is 117 Å². The maximum atomic E-state index is 12.3. The van der Waals surface area contributed by atoms with Gasteiger partial charge >= 0.3 is 0 Å². The number of carbonyl (C=O) groups is 1. The number of aromatic amines is 1. The second kappa shape index (κ2) is 5.26. The average Bonchev–Trinajstić information content (AvgIpc) is 3.03. The van der Waals surface area contributed by atoms with Gasteiger partial charge < -0.3 is 15.4 Å². The van der Waals surface area contributed by atoms with Gasteiger partial charge in [-0.15, -0.1) is 0 Å². The topological polar surface area (TPSA) is 68.4 Å². The fraction of sp³-hybridized carbons (Fsp3) is 0.400. The lowest BCUT2D eigenvalue weighted by molar-refractivity contribution is 0.0938. The summed E-state index contributed by atoms with van der Waals surface area (Å²) in [5.41, 5.74) is 1.70. The van der Waals surface area contributed by atoms with Gasteiger partial charge in [0.2, 0.25) is 0 Å². The van der Waals surface area contributed by atoms with Gasteiger partial charge in [-0.3, -0.25) is 9.69 Å². The summed E-state index contributed by atoms with van der Waals surface area (Å²) >= 11 is 0. The minimum atomic E-state index is -0.0508. The molecule has 0 spiro atoms. The number of amides is 1. The van der Waals surface area contributed by atoms with Crippen molar-refractivity contribution < 1.29 is 9.90 Å². The molecule has 2 aromatic rings. The molecule has 20 heavy (non-hydrogen) atoms. The van der Waals surface area contributed by atoms with Gasteiger partial charge in [-0.05, 0) is 37.7 Å². The van der Waals surface area contributed by atoms with Crippen molar-refractivity contribution in [2.45, 2.75) is 18.5 Å². The lowest BCUT2D eigenvalue weighted by Crippen LogP contribution is -2.36. The first-order chi connectivity index (χ1) is 9.67. The van der Waals surface area contributed by atoms with Crippen LogP contribution in [0.5, 0.6) is 0 Å². The third-order valence-corrected chi connectivity index (χ3v) is 4.05. The van der Waals surface area contributed by atoms with E-state index in [0.29, 0.717) is 5.56 Å². The number of aliphatic hydroxyl groups excluding tert-OH is 1. The van der Waals surface area contributed by atoms with Crippen LogP contribution in [0, 0.1) is 0 Å². The first kappa shape index (κ1) is 13.1. The molecule has 0 aliphatic carbocycles. The molecule has 1 aliphatic heterocycles. The molecule has 1 aromatic heterocycles. The fourth-order valence-electron chi connectivity index (χ4n) is 2.86. The number of rotatable bonds is 3. The van der Waals surface area contributed by atoms with Crippen molar-refractivity contribution in [1.29, 1.82) is 0 Å². The second-order valence-corrected chi connectivity index (χ2v) is 5.46. The predicted molar refractivity (Wildman–Crippen MR) is 77.7 cm³/mol. The lowest BCUT2D eigenvalue weighted by atomic mass is 10.1. The molecule has 1 saturated heterocycles. The van der Waals surface area contributed by atoms with Crippen LogP contribution in [0.15, 0.2) is 30.5 Å². The van der Waals surface area contributed by atoms with E-state index in [9.17, 15) is 9.90 Å². The molecule has 5 nitrogen and oxygen atoms in total. The van der Waals surface area contributed by atoms with E-state index in [1.54, 1.807) is 0 Å². The predicted octanol–water partition coefficient (Wildman–Crippen LogP) is 0.963. The van der Waals surface area contributed by atoms with Crippen LogP contribution in [-0.2, 0) is 0 Å². The van der Waals surface area contributed by atoms with E-state index in [1.165, 1.54) is 0 Å². The minimum absolute atomic E-state index is 0.0508. The van der Waals surface area contributed by atoms with Crippen LogP contribution in [0.4, 0.5) is 0 Å². The quantitative estimate of drug-likeness (QED) is 0.780. The molecular weight excluding hydrogens is 254 g/mol. The monoisotopic (exact) mass is 273 g/mol. The van der Waals surface area contributed by atoms with E-state index in [4.69, 9.17) is 0 Å². The minimum Gasteiger partial charge on any atom is -0.395 e. The lowest BCUT2D eigenvalue weighted by Gasteiger charge is -2.15. The molecule has 1 amide bonds. The van der Waals surface area contributed by atoms with E-state index < -0.39 is 0 Å². The maximum absolute atomic E-state index is 12.3. The van der Waals surface area contributed by atoms with Crippen molar-refractivity contribution in [3.8, 4) is 0 Å². The SMILES string of the molecule is CN1C[C@H](NC(=O)c2ccc3[nH]ccc3c2)C[C@H]1CO. The standard InChI is InChI=1S/C15H19N3O2/c1-18-8-12(7-13(18)9-19)17-15(20)11-2-3-14-10(6-11)4-5-16-14/h2-6,12-13,16,19H,7-9H2,1H3,(H,17,20)/t12-,13+/m1/s1. The number of likely N-dealkylation sites (N-methyl/N-ethyl adjacent to an activating group) is 1. The molecule has 0 unspecified atom stereocenters. The van der Waals surface area contributed by atoms with Gasteiger partial charge in [0, 0.05) is 41.3 Å². The Morgan fingerprint density at radius 2 is 2.35 bits per heavy atom. The van der Waals surface area contributed by atoms with Crippen molar-refractivity contribution in [3.05, 3.63) is 36.0 Å². The van der Waals surface area contributed by atoms with Crippen LogP contribution < -0.4 is 5.32 Å². The van der Waals surface area contributed by atoms with Crippen LogP contribution in [-0.4, -0.2) is 53.2 Å². The van der Waals surface area contributed by atoms with Crippen LogP contribution in [0.25, 0.3) is 10.9 Å². The number of hydrogen-bond donors (Lipinski definition) is 3. The van der Waals surface area contributed by atoms with Gasteiger partial charge in [0.25, 0.3) is 5.91 Å². The Balaban J connectivity index is 1.70. The molecule has 2 heterocycles. The number of H-pyrrole nitrogens is 1. The highest BCUT2D eigenvalue weighted by Gasteiger charge is 2.29. The average molecular weight is 273 g/mol. The Bertz CT molecular complexity index is 622. The first-order valence-electron chi connectivity index (χ1n) is 6.86. The van der Waals surface area contributed by atoms with Gasteiger partial charge in [0.1, 0.15) is 0 Å². The molecule has 0 bridgehead atoms. The molecule has 5 heteroatoms. The molecule has 1 aromatic carbocycles. The number of nitrogens with one attached hydrogen (secondary N) is 2. The molecular formula is C15H19N3O2. The summed E-state index contributed by atoms with van der Waals surface area (Å²) in [5.74, 6) is -0.0508. The highest BCUT2D eigenvalue weighted by atomic mass is 16.3. The van der Waals surface area contributed by atoms with Crippen LogP contribution in [0.2, 0.25) is 0 Å².